The number of pyridine rings is 1. The summed E-state index contributed by atoms with van der Waals surface area (Å²) >= 11 is 6.03. The molecule has 0 fully saturated rings. The highest BCUT2D eigenvalue weighted by Gasteiger charge is 2.21. The quantitative estimate of drug-likeness (QED) is 0.352. The van der Waals surface area contributed by atoms with Crippen molar-refractivity contribution in [2.75, 3.05) is 18.5 Å². The zero-order valence-corrected chi connectivity index (χ0v) is 20.5. The van der Waals surface area contributed by atoms with E-state index >= 15 is 0 Å². The molecule has 1 atom stereocenters. The third-order valence-electron chi connectivity index (χ3n) is 5.55. The SMILES string of the molecule is Cc1cc([C@@H](C)Oc2ccc(Cl)nc2NCC(=O)CO)c2oc(-c3cnn(C)c3)c(C)c(=O)c2c1. The fourth-order valence-corrected chi connectivity index (χ4v) is 3.97. The zero-order chi connectivity index (χ0) is 25.3. The Labute approximate surface area is 206 Å². The van der Waals surface area contributed by atoms with Crippen molar-refractivity contribution in [3.05, 3.63) is 68.7 Å². The molecule has 10 heteroatoms. The molecule has 0 spiro atoms. The Hall–Kier alpha value is -3.69. The molecule has 0 saturated heterocycles. The number of aromatic nitrogens is 3. The van der Waals surface area contributed by atoms with Gasteiger partial charge in [0.25, 0.3) is 0 Å². The number of aliphatic hydroxyl groups excluding tert-OH is 1. The minimum atomic E-state index is -0.590. The number of ketones is 1. The largest absolute Gasteiger partial charge is 0.482 e. The highest BCUT2D eigenvalue weighted by Crippen LogP contribution is 2.34. The molecule has 2 N–H and O–H groups in total. The van der Waals surface area contributed by atoms with Gasteiger partial charge in [0, 0.05) is 24.4 Å². The van der Waals surface area contributed by atoms with Crippen LogP contribution in [0.2, 0.25) is 5.15 Å². The van der Waals surface area contributed by atoms with E-state index in [0.29, 0.717) is 39.2 Å². The number of nitrogens with zero attached hydrogens (tertiary/aromatic N) is 3. The molecule has 0 saturated carbocycles. The highest BCUT2D eigenvalue weighted by atomic mass is 35.5. The van der Waals surface area contributed by atoms with Gasteiger partial charge < -0.3 is 19.6 Å². The Morgan fingerprint density at radius 2 is 2.09 bits per heavy atom. The first-order chi connectivity index (χ1) is 16.7. The van der Waals surface area contributed by atoms with Crippen molar-refractivity contribution in [1.29, 1.82) is 0 Å². The summed E-state index contributed by atoms with van der Waals surface area (Å²) in [5, 5.41) is 16.7. The predicted octanol–water partition coefficient (Wildman–Crippen LogP) is 3.97. The summed E-state index contributed by atoms with van der Waals surface area (Å²) in [6.45, 7) is 4.74. The molecule has 3 aromatic heterocycles. The number of hydrogen-bond acceptors (Lipinski definition) is 8. The van der Waals surface area contributed by atoms with Crippen molar-refractivity contribution in [1.82, 2.24) is 14.8 Å². The number of carbonyl (C=O) groups is 1. The molecule has 0 aliphatic rings. The van der Waals surface area contributed by atoms with E-state index in [1.54, 1.807) is 49.2 Å². The second-order valence-corrected chi connectivity index (χ2v) is 8.70. The average Bonchev–Trinajstić information content (AvgIpc) is 3.26. The number of halogens is 1. The van der Waals surface area contributed by atoms with Crippen molar-refractivity contribution in [2.24, 2.45) is 7.05 Å². The first-order valence-electron chi connectivity index (χ1n) is 10.9. The number of fused-ring (bicyclic) bond motifs is 1. The van der Waals surface area contributed by atoms with E-state index in [1.165, 1.54) is 0 Å². The minimum Gasteiger partial charge on any atom is -0.482 e. The number of benzene rings is 1. The van der Waals surface area contributed by atoms with Gasteiger partial charge in [-0.2, -0.15) is 5.10 Å². The summed E-state index contributed by atoms with van der Waals surface area (Å²) in [5.41, 5.74) is 3.05. The maximum Gasteiger partial charge on any atom is 0.196 e. The van der Waals surface area contributed by atoms with Gasteiger partial charge in [0.2, 0.25) is 0 Å². The van der Waals surface area contributed by atoms with Crippen LogP contribution in [0.15, 0.2) is 45.9 Å². The molecule has 182 valence electrons. The molecular formula is C25H25ClN4O5. The van der Waals surface area contributed by atoms with Crippen molar-refractivity contribution in [3.63, 3.8) is 0 Å². The number of aryl methyl sites for hydroxylation is 2. The maximum absolute atomic E-state index is 13.3. The van der Waals surface area contributed by atoms with E-state index in [-0.39, 0.29) is 22.9 Å². The van der Waals surface area contributed by atoms with Crippen LogP contribution in [-0.2, 0) is 11.8 Å². The number of aliphatic hydroxyl groups is 1. The molecular weight excluding hydrogens is 472 g/mol. The molecule has 0 amide bonds. The van der Waals surface area contributed by atoms with E-state index in [2.05, 4.69) is 15.4 Å². The van der Waals surface area contributed by atoms with E-state index < -0.39 is 18.5 Å². The molecule has 0 radical (unpaired) electrons. The first kappa shape index (κ1) is 24.4. The first-order valence-corrected chi connectivity index (χ1v) is 11.3. The van der Waals surface area contributed by atoms with Gasteiger partial charge in [-0.05, 0) is 50.6 Å². The summed E-state index contributed by atoms with van der Waals surface area (Å²) in [5.74, 6) is 0.655. The number of nitrogens with one attached hydrogen (secondary N) is 1. The molecule has 9 nitrogen and oxygen atoms in total. The van der Waals surface area contributed by atoms with Crippen LogP contribution in [0.25, 0.3) is 22.3 Å². The number of ether oxygens (including phenoxy) is 1. The standard InChI is InChI=1S/C25H25ClN4O5/c1-13-7-18(15(3)34-20-5-6-21(26)29-25(20)27-10-17(32)12-31)24-19(8-13)22(33)14(2)23(35-24)16-9-28-30(4)11-16/h5-9,11,15,31H,10,12H2,1-4H3,(H,27,29)/t15-/m1/s1. The summed E-state index contributed by atoms with van der Waals surface area (Å²) in [6.07, 6.45) is 2.88. The molecule has 0 aliphatic heterocycles. The topological polar surface area (TPSA) is 119 Å². The monoisotopic (exact) mass is 496 g/mol. The minimum absolute atomic E-state index is 0.125. The van der Waals surface area contributed by atoms with Gasteiger partial charge in [0.15, 0.2) is 22.8 Å². The lowest BCUT2D eigenvalue weighted by atomic mass is 10.0. The van der Waals surface area contributed by atoms with Gasteiger partial charge in [-0.25, -0.2) is 4.98 Å². The lowest BCUT2D eigenvalue weighted by Crippen LogP contribution is -2.18. The van der Waals surface area contributed by atoms with E-state index in [1.807, 2.05) is 19.9 Å². The van der Waals surface area contributed by atoms with Gasteiger partial charge in [0.1, 0.15) is 29.2 Å². The van der Waals surface area contributed by atoms with Crippen LogP contribution in [0, 0.1) is 13.8 Å². The number of anilines is 1. The predicted molar refractivity (Wildman–Crippen MR) is 133 cm³/mol. The van der Waals surface area contributed by atoms with Gasteiger partial charge >= 0.3 is 0 Å². The summed E-state index contributed by atoms with van der Waals surface area (Å²) in [7, 11) is 1.79. The highest BCUT2D eigenvalue weighted by molar-refractivity contribution is 6.29. The smallest absolute Gasteiger partial charge is 0.196 e. The van der Waals surface area contributed by atoms with E-state index in [9.17, 15) is 9.59 Å². The zero-order valence-electron chi connectivity index (χ0n) is 19.8. The molecule has 0 bridgehead atoms. The van der Waals surface area contributed by atoms with E-state index in [0.717, 1.165) is 5.56 Å². The van der Waals surface area contributed by atoms with Gasteiger partial charge in [-0.3, -0.25) is 14.3 Å². The fourth-order valence-electron chi connectivity index (χ4n) is 3.82. The molecule has 0 unspecified atom stereocenters. The maximum atomic E-state index is 13.3. The summed E-state index contributed by atoms with van der Waals surface area (Å²) in [4.78, 5) is 29.0. The lowest BCUT2D eigenvalue weighted by molar-refractivity contribution is -0.120. The van der Waals surface area contributed by atoms with Crippen molar-refractivity contribution in [2.45, 2.75) is 26.9 Å². The normalized spacial score (nSPS) is 12.1. The molecule has 1 aromatic carbocycles. The third kappa shape index (κ3) is 5.06. The Kier molecular flexibility index (Phi) is 6.90. The van der Waals surface area contributed by atoms with Crippen molar-refractivity contribution in [3.8, 4) is 17.1 Å². The fraction of sp³-hybridized carbons (Fsp3) is 0.280. The number of hydrogen-bond donors (Lipinski definition) is 2. The van der Waals surface area contributed by atoms with Crippen LogP contribution >= 0.6 is 11.6 Å². The van der Waals surface area contributed by atoms with Crippen LogP contribution in [-0.4, -0.2) is 38.8 Å². The van der Waals surface area contributed by atoms with Crippen LogP contribution in [0.1, 0.15) is 29.7 Å². The van der Waals surface area contributed by atoms with E-state index in [4.69, 9.17) is 25.9 Å². The summed E-state index contributed by atoms with van der Waals surface area (Å²) in [6, 6.07) is 6.91. The third-order valence-corrected chi connectivity index (χ3v) is 5.76. The second kappa shape index (κ2) is 9.89. The van der Waals surface area contributed by atoms with Gasteiger partial charge in [0.05, 0.1) is 23.7 Å². The van der Waals surface area contributed by atoms with Crippen LogP contribution in [0.4, 0.5) is 5.82 Å². The van der Waals surface area contributed by atoms with Gasteiger partial charge in [-0.1, -0.05) is 11.6 Å². The molecule has 4 aromatic rings. The van der Waals surface area contributed by atoms with Crippen LogP contribution < -0.4 is 15.5 Å². The second-order valence-electron chi connectivity index (χ2n) is 8.31. The molecule has 3 heterocycles. The van der Waals surface area contributed by atoms with Crippen molar-refractivity contribution < 1.29 is 19.1 Å². The van der Waals surface area contributed by atoms with Crippen molar-refractivity contribution >= 4 is 34.2 Å². The number of rotatable bonds is 8. The van der Waals surface area contributed by atoms with Gasteiger partial charge in [-0.15, -0.1) is 0 Å². The Morgan fingerprint density at radius 1 is 1.31 bits per heavy atom. The van der Waals surface area contributed by atoms with Crippen LogP contribution in [0.5, 0.6) is 5.75 Å². The number of carbonyl (C=O) groups excluding carboxylic acids is 1. The average molecular weight is 497 g/mol. The summed E-state index contributed by atoms with van der Waals surface area (Å²) < 4.78 is 14.1. The van der Waals surface area contributed by atoms with Crippen LogP contribution in [0.3, 0.4) is 0 Å². The Morgan fingerprint density at radius 3 is 2.77 bits per heavy atom. The lowest BCUT2D eigenvalue weighted by Gasteiger charge is -2.20. The molecule has 35 heavy (non-hydrogen) atoms. The molecule has 0 aliphatic carbocycles. The number of Topliss-reactive ketones (excluding diaryl/α,β-unsaturated/α-hetero) is 1. The Balaban J connectivity index is 1.78. The Bertz CT molecular complexity index is 1480. The molecule has 4 rings (SSSR count).